The Balaban J connectivity index is 1.63. The van der Waals surface area contributed by atoms with Crippen molar-refractivity contribution in [2.24, 2.45) is 0 Å². The molecule has 5 heteroatoms. The highest BCUT2D eigenvalue weighted by Crippen LogP contribution is 2.28. The van der Waals surface area contributed by atoms with Crippen LogP contribution in [0.5, 0.6) is 0 Å². The Morgan fingerprint density at radius 2 is 1.96 bits per heavy atom. The van der Waals surface area contributed by atoms with Gasteiger partial charge in [-0.25, -0.2) is 0 Å². The number of rotatable bonds is 5. The van der Waals surface area contributed by atoms with Crippen molar-refractivity contribution in [3.63, 3.8) is 0 Å². The van der Waals surface area contributed by atoms with Crippen LogP contribution in [0, 0.1) is 0 Å². The van der Waals surface area contributed by atoms with Gasteiger partial charge in [-0.2, -0.15) is 0 Å². The van der Waals surface area contributed by atoms with E-state index in [4.69, 9.17) is 4.74 Å². The second kappa shape index (κ2) is 8.04. The number of benzene rings is 1. The number of nitrogens with one attached hydrogen (secondary N) is 2. The lowest BCUT2D eigenvalue weighted by Gasteiger charge is -2.33. The van der Waals surface area contributed by atoms with Gasteiger partial charge in [-0.15, -0.1) is 0 Å². The Hall–Kier alpha value is -2.24. The van der Waals surface area contributed by atoms with E-state index in [1.807, 2.05) is 48.8 Å². The molecule has 1 aromatic carbocycles. The van der Waals surface area contributed by atoms with Gasteiger partial charge in [0.1, 0.15) is 0 Å². The molecule has 1 amide bonds. The van der Waals surface area contributed by atoms with Crippen LogP contribution in [0.2, 0.25) is 0 Å². The van der Waals surface area contributed by atoms with Crippen molar-refractivity contribution in [1.29, 1.82) is 0 Å². The lowest BCUT2D eigenvalue weighted by atomic mass is 9.96. The number of amides is 1. The van der Waals surface area contributed by atoms with Crippen LogP contribution in [0.1, 0.15) is 40.4 Å². The second-order valence-corrected chi connectivity index (χ2v) is 5.98. The molecule has 0 radical (unpaired) electrons. The SMILES string of the molecule is CNC(=O)c1ccc(CN[C@H]2CCCO[C@@H]2c2ccncc2)cc1. The van der Waals surface area contributed by atoms with Crippen molar-refractivity contribution < 1.29 is 9.53 Å². The summed E-state index contributed by atoms with van der Waals surface area (Å²) in [6, 6.07) is 12.0. The van der Waals surface area contributed by atoms with Crippen molar-refractivity contribution in [1.82, 2.24) is 15.6 Å². The van der Waals surface area contributed by atoms with E-state index in [0.29, 0.717) is 5.56 Å². The maximum Gasteiger partial charge on any atom is 0.251 e. The maximum absolute atomic E-state index is 11.6. The summed E-state index contributed by atoms with van der Waals surface area (Å²) in [4.78, 5) is 15.7. The Kier molecular flexibility index (Phi) is 5.56. The summed E-state index contributed by atoms with van der Waals surface area (Å²) in [5, 5.41) is 6.24. The fourth-order valence-corrected chi connectivity index (χ4v) is 3.04. The molecule has 2 atom stereocenters. The smallest absolute Gasteiger partial charge is 0.251 e. The standard InChI is InChI=1S/C19H23N3O2/c1-20-19(23)16-6-4-14(5-7-16)13-22-17-3-2-12-24-18(17)15-8-10-21-11-9-15/h4-11,17-18,22H,2-3,12-13H2,1H3,(H,20,23)/t17-,18+/m0/s1. The van der Waals surface area contributed by atoms with Gasteiger partial charge in [0.25, 0.3) is 5.91 Å². The van der Waals surface area contributed by atoms with Crippen LogP contribution in [0.3, 0.4) is 0 Å². The van der Waals surface area contributed by atoms with Gasteiger partial charge in [0.2, 0.25) is 0 Å². The van der Waals surface area contributed by atoms with E-state index in [1.165, 1.54) is 0 Å². The summed E-state index contributed by atoms with van der Waals surface area (Å²) in [6.07, 6.45) is 5.83. The summed E-state index contributed by atoms with van der Waals surface area (Å²) in [7, 11) is 1.64. The van der Waals surface area contributed by atoms with Gasteiger partial charge in [0.05, 0.1) is 6.10 Å². The molecule has 1 fully saturated rings. The first-order chi connectivity index (χ1) is 11.8. The molecular weight excluding hydrogens is 302 g/mol. The number of hydrogen-bond acceptors (Lipinski definition) is 4. The van der Waals surface area contributed by atoms with Crippen LogP contribution >= 0.6 is 0 Å². The van der Waals surface area contributed by atoms with Crippen LogP contribution in [-0.4, -0.2) is 30.6 Å². The third kappa shape index (κ3) is 3.99. The summed E-state index contributed by atoms with van der Waals surface area (Å²) in [5.74, 6) is -0.0621. The Morgan fingerprint density at radius 3 is 2.67 bits per heavy atom. The summed E-state index contributed by atoms with van der Waals surface area (Å²) in [6.45, 7) is 1.55. The van der Waals surface area contributed by atoms with E-state index in [1.54, 1.807) is 7.05 Å². The minimum Gasteiger partial charge on any atom is -0.372 e. The highest BCUT2D eigenvalue weighted by Gasteiger charge is 2.26. The van der Waals surface area contributed by atoms with E-state index in [2.05, 4.69) is 15.6 Å². The number of pyridine rings is 1. The molecule has 2 aromatic rings. The zero-order chi connectivity index (χ0) is 16.8. The minimum atomic E-state index is -0.0621. The molecule has 1 saturated heterocycles. The average molecular weight is 325 g/mol. The first kappa shape index (κ1) is 16.6. The molecule has 3 rings (SSSR count). The molecule has 1 aromatic heterocycles. The number of ether oxygens (including phenoxy) is 1. The normalized spacial score (nSPS) is 20.5. The van der Waals surface area contributed by atoms with Crippen LogP contribution in [-0.2, 0) is 11.3 Å². The molecule has 0 spiro atoms. The lowest BCUT2D eigenvalue weighted by molar-refractivity contribution is -0.0112. The molecule has 5 nitrogen and oxygen atoms in total. The van der Waals surface area contributed by atoms with E-state index in [0.717, 1.165) is 37.1 Å². The van der Waals surface area contributed by atoms with Crippen LogP contribution in [0.4, 0.5) is 0 Å². The van der Waals surface area contributed by atoms with Crippen molar-refractivity contribution in [2.45, 2.75) is 31.5 Å². The lowest BCUT2D eigenvalue weighted by Crippen LogP contribution is -2.39. The average Bonchev–Trinajstić information content (AvgIpc) is 2.67. The quantitative estimate of drug-likeness (QED) is 0.886. The molecule has 2 N–H and O–H groups in total. The van der Waals surface area contributed by atoms with Gasteiger partial charge < -0.3 is 15.4 Å². The third-order valence-corrected chi connectivity index (χ3v) is 4.37. The van der Waals surface area contributed by atoms with Gasteiger partial charge in [0, 0.05) is 44.2 Å². The summed E-state index contributed by atoms with van der Waals surface area (Å²) < 4.78 is 5.99. The fourth-order valence-electron chi connectivity index (χ4n) is 3.04. The van der Waals surface area contributed by atoms with Gasteiger partial charge in [-0.1, -0.05) is 12.1 Å². The predicted molar refractivity (Wildman–Crippen MR) is 92.6 cm³/mol. The zero-order valence-corrected chi connectivity index (χ0v) is 13.9. The van der Waals surface area contributed by atoms with Gasteiger partial charge in [-0.3, -0.25) is 9.78 Å². The molecule has 126 valence electrons. The minimum absolute atomic E-state index is 0.0619. The number of hydrogen-bond donors (Lipinski definition) is 2. The Morgan fingerprint density at radius 1 is 1.21 bits per heavy atom. The molecule has 0 saturated carbocycles. The topological polar surface area (TPSA) is 63.2 Å². The molecule has 0 bridgehead atoms. The van der Waals surface area contributed by atoms with Crippen LogP contribution in [0.15, 0.2) is 48.8 Å². The Bertz CT molecular complexity index is 658. The molecule has 24 heavy (non-hydrogen) atoms. The monoisotopic (exact) mass is 325 g/mol. The number of nitrogens with zero attached hydrogens (tertiary/aromatic N) is 1. The van der Waals surface area contributed by atoms with E-state index >= 15 is 0 Å². The largest absolute Gasteiger partial charge is 0.372 e. The molecule has 0 unspecified atom stereocenters. The van der Waals surface area contributed by atoms with E-state index < -0.39 is 0 Å². The van der Waals surface area contributed by atoms with Gasteiger partial charge in [-0.05, 0) is 48.2 Å². The summed E-state index contributed by atoms with van der Waals surface area (Å²) >= 11 is 0. The van der Waals surface area contributed by atoms with Gasteiger partial charge >= 0.3 is 0 Å². The number of aromatic nitrogens is 1. The number of carbonyl (C=O) groups is 1. The van der Waals surface area contributed by atoms with E-state index in [9.17, 15) is 4.79 Å². The first-order valence-corrected chi connectivity index (χ1v) is 8.34. The molecule has 2 heterocycles. The molecule has 1 aliphatic heterocycles. The van der Waals surface area contributed by atoms with Crippen molar-refractivity contribution in [3.8, 4) is 0 Å². The molecular formula is C19H23N3O2. The van der Waals surface area contributed by atoms with Crippen molar-refractivity contribution >= 4 is 5.91 Å². The Labute approximate surface area is 142 Å². The molecule has 1 aliphatic rings. The zero-order valence-electron chi connectivity index (χ0n) is 13.9. The molecule has 0 aliphatic carbocycles. The van der Waals surface area contributed by atoms with Crippen LogP contribution in [0.25, 0.3) is 0 Å². The third-order valence-electron chi connectivity index (χ3n) is 4.37. The van der Waals surface area contributed by atoms with Gasteiger partial charge in [0.15, 0.2) is 0 Å². The predicted octanol–water partition coefficient (Wildman–Crippen LogP) is 2.45. The fraction of sp³-hybridized carbons (Fsp3) is 0.368. The first-order valence-electron chi connectivity index (χ1n) is 8.34. The van der Waals surface area contributed by atoms with E-state index in [-0.39, 0.29) is 18.1 Å². The summed E-state index contributed by atoms with van der Waals surface area (Å²) in [5.41, 5.74) is 3.00. The number of carbonyl (C=O) groups excluding carboxylic acids is 1. The maximum atomic E-state index is 11.6. The highest BCUT2D eigenvalue weighted by atomic mass is 16.5. The van der Waals surface area contributed by atoms with Crippen molar-refractivity contribution in [2.75, 3.05) is 13.7 Å². The second-order valence-electron chi connectivity index (χ2n) is 5.98. The highest BCUT2D eigenvalue weighted by molar-refractivity contribution is 5.93. The van der Waals surface area contributed by atoms with Crippen LogP contribution < -0.4 is 10.6 Å². The van der Waals surface area contributed by atoms with Crippen molar-refractivity contribution in [3.05, 3.63) is 65.5 Å².